The highest BCUT2D eigenvalue weighted by Gasteiger charge is 2.15. The number of Topliss-reactive ketones (excluding diaryl/α,β-unsaturated/α-hetero) is 1. The summed E-state index contributed by atoms with van der Waals surface area (Å²) >= 11 is 0. The van der Waals surface area contributed by atoms with Crippen LogP contribution >= 0.6 is 0 Å². The number of fused-ring (bicyclic) bond motifs is 1. The first-order valence-electron chi connectivity index (χ1n) is 4.69. The summed E-state index contributed by atoms with van der Waals surface area (Å²) in [5.41, 5.74) is 1.08. The Morgan fingerprint density at radius 2 is 2.21 bits per heavy atom. The van der Waals surface area contributed by atoms with E-state index in [1.807, 2.05) is 36.4 Å². The predicted octanol–water partition coefficient (Wildman–Crippen LogP) is 2.44. The van der Waals surface area contributed by atoms with Gasteiger partial charge in [-0.3, -0.25) is 4.79 Å². The van der Waals surface area contributed by atoms with E-state index in [0.717, 1.165) is 11.3 Å². The van der Waals surface area contributed by atoms with E-state index in [2.05, 4.69) is 0 Å². The van der Waals surface area contributed by atoms with Gasteiger partial charge in [-0.05, 0) is 19.1 Å². The van der Waals surface area contributed by atoms with Gasteiger partial charge < -0.3 is 4.74 Å². The summed E-state index contributed by atoms with van der Waals surface area (Å²) in [7, 11) is 0. The Balaban J connectivity index is 2.17. The third-order valence-corrected chi connectivity index (χ3v) is 2.18. The SMILES string of the molecule is CC(=O)CC1C=Cc2ccccc2O1. The molecule has 1 aliphatic rings. The summed E-state index contributed by atoms with van der Waals surface area (Å²) in [4.78, 5) is 10.9. The average Bonchev–Trinajstić information content (AvgIpc) is 2.17. The third-order valence-electron chi connectivity index (χ3n) is 2.18. The van der Waals surface area contributed by atoms with Crippen molar-refractivity contribution in [1.29, 1.82) is 0 Å². The molecule has 2 heteroatoms. The Labute approximate surface area is 83.2 Å². The molecule has 1 aliphatic heterocycles. The Bertz CT molecular complexity index is 380. The van der Waals surface area contributed by atoms with Gasteiger partial charge in [0.1, 0.15) is 17.6 Å². The lowest BCUT2D eigenvalue weighted by molar-refractivity contribution is -0.118. The molecule has 1 aromatic carbocycles. The number of para-hydroxylation sites is 1. The molecule has 0 bridgehead atoms. The van der Waals surface area contributed by atoms with Crippen molar-refractivity contribution < 1.29 is 9.53 Å². The van der Waals surface area contributed by atoms with Gasteiger partial charge in [0.25, 0.3) is 0 Å². The molecule has 0 saturated heterocycles. The van der Waals surface area contributed by atoms with Crippen molar-refractivity contribution >= 4 is 11.9 Å². The number of ether oxygens (including phenoxy) is 1. The Morgan fingerprint density at radius 1 is 1.43 bits per heavy atom. The standard InChI is InChI=1S/C12H12O2/c1-9(13)8-11-7-6-10-4-2-3-5-12(10)14-11/h2-7,11H,8H2,1H3. The van der Waals surface area contributed by atoms with E-state index in [-0.39, 0.29) is 11.9 Å². The smallest absolute Gasteiger partial charge is 0.133 e. The topological polar surface area (TPSA) is 26.3 Å². The molecule has 1 heterocycles. The van der Waals surface area contributed by atoms with Crippen LogP contribution in [0.25, 0.3) is 6.08 Å². The zero-order chi connectivity index (χ0) is 9.97. The van der Waals surface area contributed by atoms with Gasteiger partial charge >= 0.3 is 0 Å². The van der Waals surface area contributed by atoms with Gasteiger partial charge in [-0.1, -0.05) is 24.3 Å². The predicted molar refractivity (Wildman–Crippen MR) is 55.2 cm³/mol. The van der Waals surface area contributed by atoms with Crippen molar-refractivity contribution in [3.63, 3.8) is 0 Å². The molecule has 0 saturated carbocycles. The van der Waals surface area contributed by atoms with Crippen molar-refractivity contribution in [3.8, 4) is 5.75 Å². The molecule has 0 radical (unpaired) electrons. The van der Waals surface area contributed by atoms with Crippen molar-refractivity contribution in [1.82, 2.24) is 0 Å². The van der Waals surface area contributed by atoms with Crippen LogP contribution in [0.5, 0.6) is 5.75 Å². The summed E-state index contributed by atoms with van der Waals surface area (Å²) < 4.78 is 5.64. The molecule has 72 valence electrons. The van der Waals surface area contributed by atoms with Crippen LogP contribution < -0.4 is 4.74 Å². The summed E-state index contributed by atoms with van der Waals surface area (Å²) in [6, 6.07) is 7.82. The molecule has 1 atom stereocenters. The van der Waals surface area contributed by atoms with Crippen LogP contribution in [0.1, 0.15) is 18.9 Å². The zero-order valence-electron chi connectivity index (χ0n) is 8.07. The Morgan fingerprint density at radius 3 is 3.00 bits per heavy atom. The maximum absolute atomic E-state index is 10.9. The van der Waals surface area contributed by atoms with Crippen LogP contribution in [0.2, 0.25) is 0 Å². The molecule has 14 heavy (non-hydrogen) atoms. The number of rotatable bonds is 2. The summed E-state index contributed by atoms with van der Waals surface area (Å²) in [5.74, 6) is 1.01. The second kappa shape index (κ2) is 3.66. The normalized spacial score (nSPS) is 18.5. The van der Waals surface area contributed by atoms with Gasteiger partial charge in [0.05, 0.1) is 0 Å². The van der Waals surface area contributed by atoms with Crippen LogP contribution in [0.15, 0.2) is 30.3 Å². The fourth-order valence-electron chi connectivity index (χ4n) is 1.53. The number of hydrogen-bond donors (Lipinski definition) is 0. The first-order chi connectivity index (χ1) is 6.75. The van der Waals surface area contributed by atoms with Crippen LogP contribution in [0.3, 0.4) is 0 Å². The molecule has 0 fully saturated rings. The fourth-order valence-corrected chi connectivity index (χ4v) is 1.53. The molecular weight excluding hydrogens is 176 g/mol. The van der Waals surface area contributed by atoms with Crippen LogP contribution in [-0.2, 0) is 4.79 Å². The lowest BCUT2D eigenvalue weighted by Crippen LogP contribution is -2.19. The lowest BCUT2D eigenvalue weighted by atomic mass is 10.1. The highest BCUT2D eigenvalue weighted by atomic mass is 16.5. The lowest BCUT2D eigenvalue weighted by Gasteiger charge is -2.20. The van der Waals surface area contributed by atoms with E-state index in [0.29, 0.717) is 6.42 Å². The number of carbonyl (C=O) groups excluding carboxylic acids is 1. The minimum Gasteiger partial charge on any atom is -0.485 e. The van der Waals surface area contributed by atoms with Crippen LogP contribution in [-0.4, -0.2) is 11.9 Å². The van der Waals surface area contributed by atoms with Crippen molar-refractivity contribution in [2.24, 2.45) is 0 Å². The molecule has 0 aliphatic carbocycles. The second-order valence-electron chi connectivity index (χ2n) is 3.46. The molecule has 2 nitrogen and oxygen atoms in total. The largest absolute Gasteiger partial charge is 0.485 e. The van der Waals surface area contributed by atoms with E-state index in [1.54, 1.807) is 6.92 Å². The van der Waals surface area contributed by atoms with E-state index in [9.17, 15) is 4.79 Å². The molecule has 0 N–H and O–H groups in total. The second-order valence-corrected chi connectivity index (χ2v) is 3.46. The molecule has 0 amide bonds. The van der Waals surface area contributed by atoms with Crippen LogP contribution in [0, 0.1) is 0 Å². The monoisotopic (exact) mass is 188 g/mol. The molecule has 1 unspecified atom stereocenters. The minimum atomic E-state index is -0.0950. The minimum absolute atomic E-state index is 0.0950. The molecule has 1 aromatic rings. The first kappa shape index (κ1) is 9.00. The van der Waals surface area contributed by atoms with Gasteiger partial charge in [-0.25, -0.2) is 0 Å². The molecule has 0 aromatic heterocycles. The summed E-state index contributed by atoms with van der Waals surface area (Å²) in [5, 5.41) is 0. The highest BCUT2D eigenvalue weighted by molar-refractivity contribution is 5.77. The molecular formula is C12H12O2. The van der Waals surface area contributed by atoms with Gasteiger partial charge in [0, 0.05) is 12.0 Å². The number of carbonyl (C=O) groups is 1. The summed E-state index contributed by atoms with van der Waals surface area (Å²) in [6.45, 7) is 1.58. The number of ketones is 1. The van der Waals surface area contributed by atoms with Crippen molar-refractivity contribution in [3.05, 3.63) is 35.9 Å². The quantitative estimate of drug-likeness (QED) is 0.712. The average molecular weight is 188 g/mol. The molecule has 2 rings (SSSR count). The van der Waals surface area contributed by atoms with Gasteiger partial charge in [0.2, 0.25) is 0 Å². The van der Waals surface area contributed by atoms with E-state index >= 15 is 0 Å². The number of benzene rings is 1. The molecule has 0 spiro atoms. The summed E-state index contributed by atoms with van der Waals surface area (Å²) in [6.07, 6.45) is 4.29. The zero-order valence-corrected chi connectivity index (χ0v) is 8.07. The van der Waals surface area contributed by atoms with Crippen molar-refractivity contribution in [2.75, 3.05) is 0 Å². The van der Waals surface area contributed by atoms with E-state index in [1.165, 1.54) is 0 Å². The number of hydrogen-bond acceptors (Lipinski definition) is 2. The third kappa shape index (κ3) is 1.84. The highest BCUT2D eigenvalue weighted by Crippen LogP contribution is 2.26. The Kier molecular flexibility index (Phi) is 2.35. The van der Waals surface area contributed by atoms with Gasteiger partial charge in [-0.2, -0.15) is 0 Å². The van der Waals surface area contributed by atoms with Crippen LogP contribution in [0.4, 0.5) is 0 Å². The van der Waals surface area contributed by atoms with E-state index in [4.69, 9.17) is 4.74 Å². The van der Waals surface area contributed by atoms with Gasteiger partial charge in [0.15, 0.2) is 0 Å². The van der Waals surface area contributed by atoms with Crippen molar-refractivity contribution in [2.45, 2.75) is 19.4 Å². The van der Waals surface area contributed by atoms with E-state index < -0.39 is 0 Å². The fraction of sp³-hybridized carbons (Fsp3) is 0.250. The maximum atomic E-state index is 10.9. The first-order valence-corrected chi connectivity index (χ1v) is 4.69. The van der Waals surface area contributed by atoms with Gasteiger partial charge in [-0.15, -0.1) is 0 Å². The Hall–Kier alpha value is -1.57. The maximum Gasteiger partial charge on any atom is 0.133 e.